The fourth-order valence-electron chi connectivity index (χ4n) is 1.22. The molecule has 0 aliphatic heterocycles. The average Bonchev–Trinajstić information content (AvgIpc) is 2.40. The van der Waals surface area contributed by atoms with Crippen LogP contribution in [0.2, 0.25) is 0 Å². The Morgan fingerprint density at radius 1 is 1.73 bits per heavy atom. The molecule has 0 saturated heterocycles. The lowest BCUT2D eigenvalue weighted by atomic mass is 10.1. The topological polar surface area (TPSA) is 0 Å². The van der Waals surface area contributed by atoms with Crippen LogP contribution in [-0.4, -0.2) is 0 Å². The van der Waals surface area contributed by atoms with Gasteiger partial charge in [0.15, 0.2) is 0 Å². The molecule has 0 fully saturated rings. The van der Waals surface area contributed by atoms with Gasteiger partial charge in [-0.05, 0) is 25.3 Å². The molecule has 0 saturated carbocycles. The summed E-state index contributed by atoms with van der Waals surface area (Å²) in [5.41, 5.74) is 2.80. The minimum Gasteiger partial charge on any atom is -0.0991 e. The van der Waals surface area contributed by atoms with E-state index in [0.29, 0.717) is 0 Å². The van der Waals surface area contributed by atoms with Crippen LogP contribution in [0.5, 0.6) is 0 Å². The van der Waals surface area contributed by atoms with Crippen LogP contribution >= 0.6 is 0 Å². The van der Waals surface area contributed by atoms with Crippen molar-refractivity contribution in [2.75, 3.05) is 0 Å². The Kier molecular flexibility index (Phi) is 2.91. The highest BCUT2D eigenvalue weighted by atomic mass is 14.0. The molecule has 0 aromatic rings. The summed E-state index contributed by atoms with van der Waals surface area (Å²) in [6, 6.07) is 0. The van der Waals surface area contributed by atoms with E-state index in [4.69, 9.17) is 0 Å². The van der Waals surface area contributed by atoms with Crippen LogP contribution in [0.3, 0.4) is 0 Å². The SMILES string of the molecule is C=C/C=C(\C)CC1=CCC=C1. The monoisotopic (exact) mass is 146 g/mol. The number of hydrogen-bond acceptors (Lipinski definition) is 0. The lowest BCUT2D eigenvalue weighted by Crippen LogP contribution is -1.78. The second kappa shape index (κ2) is 3.97. The molecule has 0 bridgehead atoms. The van der Waals surface area contributed by atoms with Gasteiger partial charge in [0.2, 0.25) is 0 Å². The molecule has 0 radical (unpaired) electrons. The van der Waals surface area contributed by atoms with Gasteiger partial charge in [-0.1, -0.05) is 42.5 Å². The van der Waals surface area contributed by atoms with Gasteiger partial charge in [0, 0.05) is 0 Å². The molecule has 1 rings (SSSR count). The second-order valence-corrected chi connectivity index (χ2v) is 2.84. The predicted molar refractivity (Wildman–Crippen MR) is 50.4 cm³/mol. The average molecular weight is 146 g/mol. The first kappa shape index (κ1) is 8.06. The molecule has 0 aromatic heterocycles. The lowest BCUT2D eigenvalue weighted by molar-refractivity contribution is 1.15. The maximum absolute atomic E-state index is 3.66. The van der Waals surface area contributed by atoms with Crippen molar-refractivity contribution in [3.8, 4) is 0 Å². The maximum Gasteiger partial charge on any atom is -0.00699 e. The molecule has 1 aliphatic carbocycles. The van der Waals surface area contributed by atoms with E-state index < -0.39 is 0 Å². The highest BCUT2D eigenvalue weighted by Crippen LogP contribution is 2.17. The van der Waals surface area contributed by atoms with Crippen LogP contribution < -0.4 is 0 Å². The second-order valence-electron chi connectivity index (χ2n) is 2.84. The van der Waals surface area contributed by atoms with Gasteiger partial charge in [-0.3, -0.25) is 0 Å². The molecule has 0 unspecified atom stereocenters. The summed E-state index contributed by atoms with van der Waals surface area (Å²) in [4.78, 5) is 0. The zero-order valence-corrected chi connectivity index (χ0v) is 7.01. The summed E-state index contributed by atoms with van der Waals surface area (Å²) < 4.78 is 0. The first-order valence-corrected chi connectivity index (χ1v) is 3.96. The highest BCUT2D eigenvalue weighted by Gasteiger charge is 1.97. The Bertz CT molecular complexity index is 226. The van der Waals surface area contributed by atoms with Crippen molar-refractivity contribution in [3.05, 3.63) is 48.1 Å². The predicted octanol–water partition coefficient (Wildman–Crippen LogP) is 3.40. The third kappa shape index (κ3) is 2.58. The van der Waals surface area contributed by atoms with Crippen molar-refractivity contribution in [1.29, 1.82) is 0 Å². The molecule has 11 heavy (non-hydrogen) atoms. The molecule has 0 nitrogen and oxygen atoms in total. The molecular formula is C11H14. The molecule has 1 aliphatic rings. The van der Waals surface area contributed by atoms with E-state index in [1.54, 1.807) is 0 Å². The normalized spacial score (nSPS) is 16.8. The number of rotatable bonds is 3. The first-order valence-electron chi connectivity index (χ1n) is 3.96. The lowest BCUT2D eigenvalue weighted by Gasteiger charge is -1.97. The minimum absolute atomic E-state index is 1.07. The van der Waals surface area contributed by atoms with Crippen LogP contribution in [0.25, 0.3) is 0 Å². The minimum atomic E-state index is 1.07. The van der Waals surface area contributed by atoms with Gasteiger partial charge in [-0.25, -0.2) is 0 Å². The van der Waals surface area contributed by atoms with Crippen LogP contribution in [-0.2, 0) is 0 Å². The molecule has 0 heteroatoms. The molecule has 0 atom stereocenters. The smallest absolute Gasteiger partial charge is 0.00699 e. The van der Waals surface area contributed by atoms with Crippen molar-refractivity contribution in [2.24, 2.45) is 0 Å². The Morgan fingerprint density at radius 2 is 2.55 bits per heavy atom. The van der Waals surface area contributed by atoms with Crippen molar-refractivity contribution in [1.82, 2.24) is 0 Å². The summed E-state index contributed by atoms with van der Waals surface area (Å²) in [6.07, 6.45) is 12.7. The summed E-state index contributed by atoms with van der Waals surface area (Å²) in [7, 11) is 0. The fourth-order valence-corrected chi connectivity index (χ4v) is 1.22. The van der Waals surface area contributed by atoms with Crippen molar-refractivity contribution >= 4 is 0 Å². The van der Waals surface area contributed by atoms with Crippen molar-refractivity contribution < 1.29 is 0 Å². The van der Waals surface area contributed by atoms with Crippen molar-refractivity contribution in [3.63, 3.8) is 0 Å². The summed E-state index contributed by atoms with van der Waals surface area (Å²) in [5, 5.41) is 0. The number of hydrogen-bond donors (Lipinski definition) is 0. The zero-order chi connectivity index (χ0) is 8.10. The molecule has 0 spiro atoms. The van der Waals surface area contributed by atoms with Gasteiger partial charge < -0.3 is 0 Å². The van der Waals surface area contributed by atoms with Crippen molar-refractivity contribution in [2.45, 2.75) is 19.8 Å². The molecular weight excluding hydrogens is 132 g/mol. The standard InChI is InChI=1S/C11H14/c1-3-6-10(2)9-11-7-4-5-8-11/h3-4,6-8H,1,5,9H2,2H3/b10-6+. The van der Waals surface area contributed by atoms with Gasteiger partial charge >= 0.3 is 0 Å². The third-order valence-electron chi connectivity index (χ3n) is 1.73. The number of allylic oxidation sites excluding steroid dienone is 7. The van der Waals surface area contributed by atoms with Gasteiger partial charge in [0.1, 0.15) is 0 Å². The Labute approximate surface area is 68.6 Å². The Morgan fingerprint density at radius 3 is 3.09 bits per heavy atom. The van der Waals surface area contributed by atoms with Gasteiger partial charge in [-0.15, -0.1) is 0 Å². The summed E-state index contributed by atoms with van der Waals surface area (Å²) in [6.45, 7) is 5.79. The van der Waals surface area contributed by atoms with E-state index in [9.17, 15) is 0 Å². The van der Waals surface area contributed by atoms with E-state index in [1.807, 2.05) is 6.08 Å². The van der Waals surface area contributed by atoms with Crippen LogP contribution in [0.4, 0.5) is 0 Å². The van der Waals surface area contributed by atoms with E-state index in [-0.39, 0.29) is 0 Å². The summed E-state index contributed by atoms with van der Waals surface area (Å²) >= 11 is 0. The van der Waals surface area contributed by atoms with E-state index in [0.717, 1.165) is 12.8 Å². The fraction of sp³-hybridized carbons (Fsp3) is 0.273. The van der Waals surface area contributed by atoms with Gasteiger partial charge in [0.05, 0.1) is 0 Å². The van der Waals surface area contributed by atoms with Gasteiger partial charge in [-0.2, -0.15) is 0 Å². The molecule has 58 valence electrons. The molecule has 0 heterocycles. The molecule has 0 aromatic carbocycles. The quantitative estimate of drug-likeness (QED) is 0.535. The van der Waals surface area contributed by atoms with Crippen LogP contribution in [0.15, 0.2) is 48.1 Å². The summed E-state index contributed by atoms with van der Waals surface area (Å²) in [5.74, 6) is 0. The Balaban J connectivity index is 2.47. The van der Waals surface area contributed by atoms with E-state index >= 15 is 0 Å². The van der Waals surface area contributed by atoms with E-state index in [1.165, 1.54) is 11.1 Å². The maximum atomic E-state index is 3.66. The first-order chi connectivity index (χ1) is 5.33. The third-order valence-corrected chi connectivity index (χ3v) is 1.73. The zero-order valence-electron chi connectivity index (χ0n) is 7.01. The molecule has 0 N–H and O–H groups in total. The van der Waals surface area contributed by atoms with Gasteiger partial charge in [0.25, 0.3) is 0 Å². The van der Waals surface area contributed by atoms with Crippen LogP contribution in [0, 0.1) is 0 Å². The highest BCUT2D eigenvalue weighted by molar-refractivity contribution is 5.30. The largest absolute Gasteiger partial charge is 0.0991 e. The molecule has 0 amide bonds. The van der Waals surface area contributed by atoms with E-state index in [2.05, 4.69) is 37.8 Å². The van der Waals surface area contributed by atoms with Crippen LogP contribution in [0.1, 0.15) is 19.8 Å². The Hall–Kier alpha value is -1.04.